The van der Waals surface area contributed by atoms with Crippen LogP contribution >= 0.6 is 15.9 Å². The van der Waals surface area contributed by atoms with Gasteiger partial charge in [0.15, 0.2) is 0 Å². The molecule has 0 amide bonds. The Labute approximate surface area is 130 Å². The number of rotatable bonds is 2. The van der Waals surface area contributed by atoms with Crippen molar-refractivity contribution in [1.82, 2.24) is 0 Å². The van der Waals surface area contributed by atoms with E-state index in [1.54, 1.807) is 0 Å². The van der Waals surface area contributed by atoms with Crippen LogP contribution in [0.2, 0.25) is 0 Å². The van der Waals surface area contributed by atoms with E-state index >= 15 is 0 Å². The molecule has 1 aliphatic carbocycles. The first-order valence-corrected chi connectivity index (χ1v) is 8.74. The number of hydrogen-bond acceptors (Lipinski definition) is 2. The number of nitrogens with zero attached hydrogens (tertiary/aromatic N) is 1. The van der Waals surface area contributed by atoms with E-state index in [2.05, 4.69) is 39.0 Å². The van der Waals surface area contributed by atoms with Crippen molar-refractivity contribution in [2.24, 2.45) is 17.6 Å². The average Bonchev–Trinajstić information content (AvgIpc) is 2.46. The highest BCUT2D eigenvalue weighted by molar-refractivity contribution is 9.10. The van der Waals surface area contributed by atoms with Gasteiger partial charge in [0.25, 0.3) is 0 Å². The summed E-state index contributed by atoms with van der Waals surface area (Å²) in [6.07, 6.45) is 7.15. The Kier molecular flexibility index (Phi) is 4.37. The highest BCUT2D eigenvalue weighted by Crippen LogP contribution is 2.38. The molecule has 0 bridgehead atoms. The third kappa shape index (κ3) is 2.89. The number of fused-ring (bicyclic) bond motifs is 1. The van der Waals surface area contributed by atoms with Crippen molar-refractivity contribution in [3.63, 3.8) is 0 Å². The van der Waals surface area contributed by atoms with Crippen LogP contribution in [0.25, 0.3) is 0 Å². The second-order valence-electron chi connectivity index (χ2n) is 6.53. The van der Waals surface area contributed by atoms with Crippen molar-refractivity contribution in [3.05, 3.63) is 28.2 Å². The van der Waals surface area contributed by atoms with Crippen LogP contribution in [-0.2, 0) is 0 Å². The number of nitrogens with two attached hydrogens (primary N) is 1. The second kappa shape index (κ2) is 6.07. The maximum Gasteiger partial charge on any atom is 0.0377 e. The van der Waals surface area contributed by atoms with E-state index in [9.17, 15) is 0 Å². The lowest BCUT2D eigenvalue weighted by Gasteiger charge is -2.42. The average molecular weight is 337 g/mol. The molecule has 2 N–H and O–H groups in total. The molecule has 20 heavy (non-hydrogen) atoms. The summed E-state index contributed by atoms with van der Waals surface area (Å²) in [5, 5.41) is 0. The molecule has 1 aromatic rings. The molecular weight excluding hydrogens is 312 g/mol. The molecule has 0 spiro atoms. The van der Waals surface area contributed by atoms with E-state index in [0.29, 0.717) is 0 Å². The molecule has 3 rings (SSSR count). The fraction of sp³-hybridized carbons (Fsp3) is 0.647. The van der Waals surface area contributed by atoms with E-state index in [0.717, 1.165) is 16.3 Å². The quantitative estimate of drug-likeness (QED) is 0.862. The summed E-state index contributed by atoms with van der Waals surface area (Å²) in [5.41, 5.74) is 8.53. The monoisotopic (exact) mass is 336 g/mol. The van der Waals surface area contributed by atoms with Crippen molar-refractivity contribution in [2.75, 3.05) is 18.0 Å². The lowest BCUT2D eigenvalue weighted by molar-refractivity contribution is 0.202. The Balaban J connectivity index is 1.75. The zero-order valence-corrected chi connectivity index (χ0v) is 13.9. The van der Waals surface area contributed by atoms with E-state index in [4.69, 9.17) is 5.73 Å². The summed E-state index contributed by atoms with van der Waals surface area (Å²) in [6.45, 7) is 4.49. The molecular formula is C17H25BrN2. The van der Waals surface area contributed by atoms with Crippen LogP contribution in [0.4, 0.5) is 5.69 Å². The molecule has 0 aromatic heterocycles. The van der Waals surface area contributed by atoms with E-state index in [1.807, 2.05) is 6.92 Å². The Morgan fingerprint density at radius 3 is 2.65 bits per heavy atom. The van der Waals surface area contributed by atoms with Gasteiger partial charge >= 0.3 is 0 Å². The minimum absolute atomic E-state index is 0.0857. The fourth-order valence-corrected chi connectivity index (χ4v) is 4.65. The van der Waals surface area contributed by atoms with E-state index in [-0.39, 0.29) is 6.04 Å². The third-order valence-corrected chi connectivity index (χ3v) is 5.82. The van der Waals surface area contributed by atoms with Gasteiger partial charge in [0.1, 0.15) is 0 Å². The highest BCUT2D eigenvalue weighted by Gasteiger charge is 2.31. The molecule has 2 unspecified atom stereocenters. The largest absolute Gasteiger partial charge is 0.371 e. The van der Waals surface area contributed by atoms with Crippen LogP contribution < -0.4 is 10.6 Å². The summed E-state index contributed by atoms with van der Waals surface area (Å²) >= 11 is 3.68. The molecule has 1 aromatic carbocycles. The van der Waals surface area contributed by atoms with E-state index in [1.165, 1.54) is 56.4 Å². The molecule has 0 radical (unpaired) electrons. The molecule has 1 aliphatic heterocycles. The van der Waals surface area contributed by atoms with Gasteiger partial charge < -0.3 is 10.6 Å². The Hall–Kier alpha value is -0.540. The lowest BCUT2D eigenvalue weighted by Crippen LogP contribution is -2.41. The first-order chi connectivity index (χ1) is 9.65. The molecule has 2 aliphatic rings. The van der Waals surface area contributed by atoms with Crippen LogP contribution in [0, 0.1) is 11.8 Å². The number of piperidine rings is 1. The van der Waals surface area contributed by atoms with Gasteiger partial charge in [0.2, 0.25) is 0 Å². The van der Waals surface area contributed by atoms with Gasteiger partial charge in [0, 0.05) is 29.3 Å². The molecule has 110 valence electrons. The summed E-state index contributed by atoms with van der Waals surface area (Å²) in [7, 11) is 0. The minimum Gasteiger partial charge on any atom is -0.371 e. The molecule has 1 saturated carbocycles. The Morgan fingerprint density at radius 1 is 1.20 bits per heavy atom. The summed E-state index contributed by atoms with van der Waals surface area (Å²) in [6, 6.07) is 6.76. The van der Waals surface area contributed by atoms with E-state index < -0.39 is 0 Å². The first-order valence-electron chi connectivity index (χ1n) is 7.95. The molecule has 1 heterocycles. The molecule has 2 nitrogen and oxygen atoms in total. The van der Waals surface area contributed by atoms with Crippen LogP contribution in [0.5, 0.6) is 0 Å². The topological polar surface area (TPSA) is 29.3 Å². The number of halogens is 1. The lowest BCUT2D eigenvalue weighted by atomic mass is 9.75. The van der Waals surface area contributed by atoms with Crippen LogP contribution in [0.3, 0.4) is 0 Å². The zero-order valence-electron chi connectivity index (χ0n) is 12.3. The van der Waals surface area contributed by atoms with Gasteiger partial charge in [-0.3, -0.25) is 0 Å². The summed E-state index contributed by atoms with van der Waals surface area (Å²) in [4.78, 5) is 2.57. The number of benzene rings is 1. The van der Waals surface area contributed by atoms with Crippen molar-refractivity contribution in [3.8, 4) is 0 Å². The third-order valence-electron chi connectivity index (χ3n) is 5.13. The van der Waals surface area contributed by atoms with Crippen LogP contribution in [-0.4, -0.2) is 13.1 Å². The van der Waals surface area contributed by atoms with Gasteiger partial charge in [-0.1, -0.05) is 41.3 Å². The van der Waals surface area contributed by atoms with Crippen molar-refractivity contribution >= 4 is 21.6 Å². The van der Waals surface area contributed by atoms with Gasteiger partial charge in [-0.15, -0.1) is 0 Å². The zero-order chi connectivity index (χ0) is 14.1. The Morgan fingerprint density at radius 2 is 1.95 bits per heavy atom. The van der Waals surface area contributed by atoms with Gasteiger partial charge in [0.05, 0.1) is 0 Å². The number of anilines is 1. The van der Waals surface area contributed by atoms with Gasteiger partial charge in [-0.2, -0.15) is 0 Å². The standard InChI is InChI=1S/C17H25BrN2/c1-12(19)16-7-6-15(10-17(16)18)20-9-8-13-4-2-3-5-14(13)11-20/h6-7,10,12-14H,2-5,8-9,11,19H2,1H3/t12-,13?,14?/m1/s1. The van der Waals surface area contributed by atoms with Crippen molar-refractivity contribution < 1.29 is 0 Å². The minimum atomic E-state index is 0.0857. The maximum absolute atomic E-state index is 5.99. The molecule has 1 saturated heterocycles. The van der Waals surface area contributed by atoms with Crippen molar-refractivity contribution in [1.29, 1.82) is 0 Å². The predicted octanol–water partition coefficient (Wildman–Crippen LogP) is 4.49. The first kappa shape index (κ1) is 14.4. The highest BCUT2D eigenvalue weighted by atomic mass is 79.9. The van der Waals surface area contributed by atoms with Crippen LogP contribution in [0.1, 0.15) is 50.6 Å². The van der Waals surface area contributed by atoms with Gasteiger partial charge in [-0.25, -0.2) is 0 Å². The number of hydrogen-bond donors (Lipinski definition) is 1. The summed E-state index contributed by atoms with van der Waals surface area (Å²) in [5.74, 6) is 1.91. The summed E-state index contributed by atoms with van der Waals surface area (Å²) < 4.78 is 1.15. The van der Waals surface area contributed by atoms with Gasteiger partial charge in [-0.05, 0) is 49.3 Å². The van der Waals surface area contributed by atoms with Crippen molar-refractivity contribution in [2.45, 2.75) is 45.1 Å². The smallest absolute Gasteiger partial charge is 0.0377 e. The molecule has 2 fully saturated rings. The maximum atomic E-state index is 5.99. The SMILES string of the molecule is C[C@@H](N)c1ccc(N2CCC3CCCCC3C2)cc1Br. The predicted molar refractivity (Wildman–Crippen MR) is 89.0 cm³/mol. The Bertz CT molecular complexity index is 472. The molecule has 3 heteroatoms. The normalized spacial score (nSPS) is 28.1. The molecule has 3 atom stereocenters. The fourth-order valence-electron chi connectivity index (χ4n) is 3.92. The van der Waals surface area contributed by atoms with Crippen LogP contribution in [0.15, 0.2) is 22.7 Å². The second-order valence-corrected chi connectivity index (χ2v) is 7.39.